The Kier molecular flexibility index (Phi) is 6.49. The van der Waals surface area contributed by atoms with Gasteiger partial charge in [0.05, 0.1) is 23.7 Å². The maximum atomic E-state index is 13.4. The Bertz CT molecular complexity index is 1370. The van der Waals surface area contributed by atoms with Gasteiger partial charge in [-0.1, -0.05) is 18.2 Å². The van der Waals surface area contributed by atoms with E-state index in [-0.39, 0.29) is 11.8 Å². The Morgan fingerprint density at radius 3 is 2.91 bits per heavy atom. The SMILES string of the molecule is CCOc1ccc2nc(N3CCC[C@H](C(=O)N(C)Cc4cccc5cnccc45)C3)nc(C)c2c1. The van der Waals surface area contributed by atoms with Crippen LogP contribution in [0.5, 0.6) is 5.75 Å². The predicted octanol–water partition coefficient (Wildman–Crippen LogP) is 4.76. The summed E-state index contributed by atoms with van der Waals surface area (Å²) in [5, 5.41) is 3.22. The van der Waals surface area contributed by atoms with Crippen LogP contribution in [0.3, 0.4) is 0 Å². The van der Waals surface area contributed by atoms with Gasteiger partial charge in [-0.15, -0.1) is 0 Å². The minimum absolute atomic E-state index is 0.0784. The molecule has 3 heterocycles. The average molecular weight is 470 g/mol. The van der Waals surface area contributed by atoms with Crippen LogP contribution < -0.4 is 9.64 Å². The molecule has 180 valence electrons. The van der Waals surface area contributed by atoms with Crippen molar-refractivity contribution >= 4 is 33.5 Å². The number of carbonyl (C=O) groups excluding carboxylic acids is 1. The second kappa shape index (κ2) is 9.86. The maximum absolute atomic E-state index is 13.4. The van der Waals surface area contributed by atoms with Gasteiger partial charge in [0.25, 0.3) is 0 Å². The summed E-state index contributed by atoms with van der Waals surface area (Å²) in [6.45, 7) is 6.66. The fraction of sp³-hybridized carbons (Fsp3) is 0.357. The Balaban J connectivity index is 1.32. The molecule has 1 saturated heterocycles. The predicted molar refractivity (Wildman–Crippen MR) is 139 cm³/mol. The van der Waals surface area contributed by atoms with Gasteiger partial charge >= 0.3 is 0 Å². The van der Waals surface area contributed by atoms with Crippen LogP contribution in [0.15, 0.2) is 54.9 Å². The number of rotatable bonds is 6. The van der Waals surface area contributed by atoms with E-state index >= 15 is 0 Å². The first kappa shape index (κ1) is 23.0. The number of fused-ring (bicyclic) bond motifs is 2. The quantitative estimate of drug-likeness (QED) is 0.405. The molecule has 0 saturated carbocycles. The Labute approximate surface area is 205 Å². The van der Waals surface area contributed by atoms with E-state index < -0.39 is 0 Å². The smallest absolute Gasteiger partial charge is 0.227 e. The van der Waals surface area contributed by atoms with Crippen molar-refractivity contribution in [3.05, 3.63) is 66.1 Å². The van der Waals surface area contributed by atoms with Gasteiger partial charge in [-0.3, -0.25) is 9.78 Å². The molecule has 0 N–H and O–H groups in total. The molecular formula is C28H31N5O2. The molecule has 0 bridgehead atoms. The number of aromatic nitrogens is 3. The number of hydrogen-bond donors (Lipinski definition) is 0. The van der Waals surface area contributed by atoms with Crippen LogP contribution in [0.1, 0.15) is 31.0 Å². The lowest BCUT2D eigenvalue weighted by Crippen LogP contribution is -2.44. The summed E-state index contributed by atoms with van der Waals surface area (Å²) in [5.41, 5.74) is 2.95. The van der Waals surface area contributed by atoms with E-state index in [2.05, 4.69) is 22.0 Å². The minimum Gasteiger partial charge on any atom is -0.494 e. The zero-order valence-electron chi connectivity index (χ0n) is 20.6. The number of benzene rings is 2. The van der Waals surface area contributed by atoms with Gasteiger partial charge in [-0.05, 0) is 61.9 Å². The molecule has 5 rings (SSSR count). The molecule has 7 nitrogen and oxygen atoms in total. The molecule has 1 atom stereocenters. The number of ether oxygens (including phenoxy) is 1. The molecule has 1 aliphatic rings. The summed E-state index contributed by atoms with van der Waals surface area (Å²) in [6, 6.07) is 14.1. The van der Waals surface area contributed by atoms with Crippen LogP contribution in [0.4, 0.5) is 5.95 Å². The molecule has 1 amide bonds. The number of anilines is 1. The zero-order chi connectivity index (χ0) is 24.4. The standard InChI is InChI=1S/C28H31N5O2/c1-4-35-23-10-11-26-25(15-23)19(2)30-28(31-26)33-14-6-9-22(18-33)27(34)32(3)17-21-8-5-7-20-16-29-13-12-24(20)21/h5,7-8,10-13,15-16,22H,4,6,9,14,17-18H2,1-3H3/t22-/m0/s1. The normalized spacial score (nSPS) is 16.0. The van der Waals surface area contributed by atoms with Gasteiger partial charge in [0.15, 0.2) is 0 Å². The molecule has 2 aromatic heterocycles. The van der Waals surface area contributed by atoms with E-state index in [1.54, 1.807) is 6.20 Å². The van der Waals surface area contributed by atoms with Crippen LogP contribution >= 0.6 is 0 Å². The van der Waals surface area contributed by atoms with E-state index in [0.29, 0.717) is 25.6 Å². The first-order valence-corrected chi connectivity index (χ1v) is 12.3. The summed E-state index contributed by atoms with van der Waals surface area (Å²) >= 11 is 0. The number of piperidine rings is 1. The van der Waals surface area contributed by atoms with Gasteiger partial charge in [0, 0.05) is 49.8 Å². The number of pyridine rings is 1. The number of nitrogens with zero attached hydrogens (tertiary/aromatic N) is 5. The highest BCUT2D eigenvalue weighted by Gasteiger charge is 2.29. The first-order chi connectivity index (χ1) is 17.0. The molecule has 0 spiro atoms. The van der Waals surface area contributed by atoms with Gasteiger partial charge < -0.3 is 14.5 Å². The van der Waals surface area contributed by atoms with Crippen molar-refractivity contribution in [1.29, 1.82) is 0 Å². The third-order valence-electron chi connectivity index (χ3n) is 6.77. The number of amides is 1. The van der Waals surface area contributed by atoms with Crippen molar-refractivity contribution in [2.45, 2.75) is 33.2 Å². The van der Waals surface area contributed by atoms with Crippen LogP contribution in [0.25, 0.3) is 21.7 Å². The summed E-state index contributed by atoms with van der Waals surface area (Å²) in [6.07, 6.45) is 5.48. The average Bonchev–Trinajstić information content (AvgIpc) is 2.89. The van der Waals surface area contributed by atoms with Crippen molar-refractivity contribution < 1.29 is 9.53 Å². The molecule has 0 unspecified atom stereocenters. The summed E-state index contributed by atoms with van der Waals surface area (Å²) in [7, 11) is 1.90. The maximum Gasteiger partial charge on any atom is 0.227 e. The van der Waals surface area contributed by atoms with E-state index in [0.717, 1.165) is 58.1 Å². The first-order valence-electron chi connectivity index (χ1n) is 12.3. The van der Waals surface area contributed by atoms with Crippen molar-refractivity contribution in [2.24, 2.45) is 5.92 Å². The number of aryl methyl sites for hydroxylation is 1. The second-order valence-electron chi connectivity index (χ2n) is 9.21. The van der Waals surface area contributed by atoms with Gasteiger partial charge in [-0.25, -0.2) is 9.97 Å². The van der Waals surface area contributed by atoms with Crippen molar-refractivity contribution in [2.75, 3.05) is 31.6 Å². The molecule has 0 aliphatic carbocycles. The fourth-order valence-electron chi connectivity index (χ4n) is 4.98. The highest BCUT2D eigenvalue weighted by molar-refractivity contribution is 5.86. The molecule has 2 aromatic carbocycles. The van der Waals surface area contributed by atoms with Crippen molar-refractivity contribution in [3.63, 3.8) is 0 Å². The van der Waals surface area contributed by atoms with Gasteiger partial charge in [-0.2, -0.15) is 0 Å². The van der Waals surface area contributed by atoms with Crippen molar-refractivity contribution in [1.82, 2.24) is 19.9 Å². The lowest BCUT2D eigenvalue weighted by molar-refractivity contribution is -0.135. The summed E-state index contributed by atoms with van der Waals surface area (Å²) in [5.74, 6) is 1.61. The fourth-order valence-corrected chi connectivity index (χ4v) is 4.98. The monoisotopic (exact) mass is 469 g/mol. The zero-order valence-corrected chi connectivity index (χ0v) is 20.6. The summed E-state index contributed by atoms with van der Waals surface area (Å²) in [4.78, 5) is 31.3. The van der Waals surface area contributed by atoms with Crippen molar-refractivity contribution in [3.8, 4) is 5.75 Å². The third-order valence-corrected chi connectivity index (χ3v) is 6.77. The van der Waals surface area contributed by atoms with E-state index in [9.17, 15) is 4.79 Å². The number of carbonyl (C=O) groups is 1. The molecule has 4 aromatic rings. The molecular weight excluding hydrogens is 438 g/mol. The van der Waals surface area contributed by atoms with Crippen LogP contribution in [-0.4, -0.2) is 52.5 Å². The largest absolute Gasteiger partial charge is 0.494 e. The van der Waals surface area contributed by atoms with Crippen LogP contribution in [0.2, 0.25) is 0 Å². The molecule has 7 heteroatoms. The molecule has 1 fully saturated rings. The summed E-state index contributed by atoms with van der Waals surface area (Å²) < 4.78 is 5.63. The third kappa shape index (κ3) is 4.76. The van der Waals surface area contributed by atoms with Gasteiger partial charge in [0.2, 0.25) is 11.9 Å². The Morgan fingerprint density at radius 2 is 2.06 bits per heavy atom. The molecule has 0 radical (unpaired) electrons. The second-order valence-corrected chi connectivity index (χ2v) is 9.21. The highest BCUT2D eigenvalue weighted by atomic mass is 16.5. The Hall–Kier alpha value is -3.74. The lowest BCUT2D eigenvalue weighted by Gasteiger charge is -2.34. The number of hydrogen-bond acceptors (Lipinski definition) is 6. The minimum atomic E-state index is -0.0784. The molecule has 35 heavy (non-hydrogen) atoms. The van der Waals surface area contributed by atoms with Crippen LogP contribution in [-0.2, 0) is 11.3 Å². The highest BCUT2D eigenvalue weighted by Crippen LogP contribution is 2.27. The van der Waals surface area contributed by atoms with E-state index in [1.165, 1.54) is 0 Å². The lowest BCUT2D eigenvalue weighted by atomic mass is 9.96. The molecule has 1 aliphatic heterocycles. The van der Waals surface area contributed by atoms with Crippen LogP contribution in [0, 0.1) is 12.8 Å². The van der Waals surface area contributed by atoms with Gasteiger partial charge in [0.1, 0.15) is 5.75 Å². The van der Waals surface area contributed by atoms with E-state index in [1.807, 2.05) is 62.3 Å². The Morgan fingerprint density at radius 1 is 1.17 bits per heavy atom. The topological polar surface area (TPSA) is 71.5 Å². The van der Waals surface area contributed by atoms with E-state index in [4.69, 9.17) is 14.7 Å².